The minimum atomic E-state index is 0.0111. The molecule has 0 bridgehead atoms. The molecule has 0 atom stereocenters. The Morgan fingerprint density at radius 2 is 1.90 bits per heavy atom. The number of carbonyl (C=O) groups excluding carboxylic acids is 1. The van der Waals surface area contributed by atoms with Gasteiger partial charge in [-0.25, -0.2) is 4.79 Å². The van der Waals surface area contributed by atoms with Crippen LogP contribution in [0.2, 0.25) is 0 Å². The molecule has 1 aliphatic heterocycles. The third-order valence-corrected chi connectivity index (χ3v) is 4.26. The number of nitrogens with zero attached hydrogens (tertiary/aromatic N) is 2. The highest BCUT2D eigenvalue weighted by Gasteiger charge is 2.30. The number of hydrogen-bond donors (Lipinski definition) is 1. The first-order valence-corrected chi connectivity index (χ1v) is 7.63. The molecule has 1 saturated heterocycles. The van der Waals surface area contributed by atoms with Crippen molar-refractivity contribution in [3.8, 4) is 0 Å². The van der Waals surface area contributed by atoms with Crippen molar-refractivity contribution in [3.05, 3.63) is 24.3 Å². The number of piperidine rings is 1. The lowest BCUT2D eigenvalue weighted by Crippen LogP contribution is -2.34. The van der Waals surface area contributed by atoms with Gasteiger partial charge < -0.3 is 15.1 Å². The monoisotopic (exact) mass is 273 g/mol. The molecule has 1 heterocycles. The molecule has 2 fully saturated rings. The predicted molar refractivity (Wildman–Crippen MR) is 82.3 cm³/mol. The van der Waals surface area contributed by atoms with Gasteiger partial charge in [-0.05, 0) is 44.2 Å². The Labute approximate surface area is 120 Å². The molecule has 108 valence electrons. The Bertz CT molecular complexity index is 478. The molecule has 20 heavy (non-hydrogen) atoms. The Morgan fingerprint density at radius 3 is 2.60 bits per heavy atom. The van der Waals surface area contributed by atoms with E-state index in [4.69, 9.17) is 0 Å². The third-order valence-electron chi connectivity index (χ3n) is 4.26. The molecule has 0 spiro atoms. The zero-order chi connectivity index (χ0) is 13.9. The fraction of sp³-hybridized carbons (Fsp3) is 0.562. The Hall–Kier alpha value is -1.71. The van der Waals surface area contributed by atoms with Gasteiger partial charge in [0.05, 0.1) is 11.4 Å². The first-order valence-electron chi connectivity index (χ1n) is 7.63. The topological polar surface area (TPSA) is 35.6 Å². The van der Waals surface area contributed by atoms with Crippen LogP contribution in [0.25, 0.3) is 0 Å². The number of para-hydroxylation sites is 2. The lowest BCUT2D eigenvalue weighted by atomic mass is 10.1. The normalized spacial score (nSPS) is 18.8. The molecular formula is C16H23N3O. The molecule has 2 amide bonds. The number of anilines is 2. The zero-order valence-corrected chi connectivity index (χ0v) is 12.1. The maximum absolute atomic E-state index is 12.2. The van der Waals surface area contributed by atoms with Crippen LogP contribution < -0.4 is 10.2 Å². The van der Waals surface area contributed by atoms with Crippen molar-refractivity contribution in [1.29, 1.82) is 0 Å². The standard InChI is InChI=1S/C16H23N3O/c1-18(13-9-10-13)16(20)17-14-7-3-4-8-15(14)19-11-5-2-6-12-19/h3-4,7-8,13H,2,5-6,9-12H2,1H3,(H,17,20). The second kappa shape index (κ2) is 5.73. The van der Waals surface area contributed by atoms with Crippen LogP contribution in [0.3, 0.4) is 0 Å². The van der Waals surface area contributed by atoms with Crippen LogP contribution in [-0.2, 0) is 0 Å². The van der Waals surface area contributed by atoms with Crippen LogP contribution in [0.5, 0.6) is 0 Å². The van der Waals surface area contributed by atoms with Crippen LogP contribution in [0.4, 0.5) is 16.2 Å². The number of rotatable bonds is 3. The molecule has 1 aromatic rings. The van der Waals surface area contributed by atoms with E-state index in [2.05, 4.69) is 16.3 Å². The molecule has 0 unspecified atom stereocenters. The zero-order valence-electron chi connectivity index (χ0n) is 12.1. The number of hydrogen-bond acceptors (Lipinski definition) is 2. The molecule has 1 N–H and O–H groups in total. The van der Waals surface area contributed by atoms with Gasteiger partial charge in [-0.15, -0.1) is 0 Å². The van der Waals surface area contributed by atoms with Gasteiger partial charge in [0, 0.05) is 26.2 Å². The van der Waals surface area contributed by atoms with Gasteiger partial charge in [-0.3, -0.25) is 0 Å². The fourth-order valence-electron chi connectivity index (χ4n) is 2.82. The molecule has 1 aliphatic carbocycles. The highest BCUT2D eigenvalue weighted by Crippen LogP contribution is 2.30. The molecule has 2 aliphatic rings. The maximum Gasteiger partial charge on any atom is 0.321 e. The summed E-state index contributed by atoms with van der Waals surface area (Å²) in [5, 5.41) is 3.07. The molecule has 3 rings (SSSR count). The third kappa shape index (κ3) is 2.89. The van der Waals surface area contributed by atoms with Gasteiger partial charge >= 0.3 is 6.03 Å². The van der Waals surface area contributed by atoms with E-state index in [0.29, 0.717) is 6.04 Å². The van der Waals surface area contributed by atoms with E-state index in [1.165, 1.54) is 19.3 Å². The number of carbonyl (C=O) groups is 1. The molecule has 0 aromatic heterocycles. The van der Waals surface area contributed by atoms with E-state index in [0.717, 1.165) is 37.3 Å². The first kappa shape index (κ1) is 13.3. The van der Waals surface area contributed by atoms with E-state index in [9.17, 15) is 4.79 Å². The summed E-state index contributed by atoms with van der Waals surface area (Å²) < 4.78 is 0. The van der Waals surface area contributed by atoms with Gasteiger partial charge in [0.25, 0.3) is 0 Å². The number of benzene rings is 1. The Kier molecular flexibility index (Phi) is 3.81. The second-order valence-electron chi connectivity index (χ2n) is 5.84. The summed E-state index contributed by atoms with van der Waals surface area (Å²) in [6.07, 6.45) is 6.07. The lowest BCUT2D eigenvalue weighted by molar-refractivity contribution is 0.220. The second-order valence-corrected chi connectivity index (χ2v) is 5.84. The van der Waals surface area contributed by atoms with Gasteiger partial charge in [0.1, 0.15) is 0 Å². The summed E-state index contributed by atoms with van der Waals surface area (Å²) in [6, 6.07) is 8.60. The molecule has 0 radical (unpaired) electrons. The summed E-state index contributed by atoms with van der Waals surface area (Å²) in [7, 11) is 1.89. The van der Waals surface area contributed by atoms with Crippen LogP contribution >= 0.6 is 0 Å². The minimum Gasteiger partial charge on any atom is -0.370 e. The largest absolute Gasteiger partial charge is 0.370 e. The van der Waals surface area contributed by atoms with Crippen molar-refractivity contribution < 1.29 is 4.79 Å². The fourth-order valence-corrected chi connectivity index (χ4v) is 2.82. The van der Waals surface area contributed by atoms with E-state index < -0.39 is 0 Å². The van der Waals surface area contributed by atoms with Crippen molar-refractivity contribution in [2.24, 2.45) is 0 Å². The molecule has 4 heteroatoms. The number of amides is 2. The SMILES string of the molecule is CN(C(=O)Nc1ccccc1N1CCCCC1)C1CC1. The van der Waals surface area contributed by atoms with E-state index >= 15 is 0 Å². The Balaban J connectivity index is 1.73. The van der Waals surface area contributed by atoms with Gasteiger partial charge in [-0.1, -0.05) is 12.1 Å². The maximum atomic E-state index is 12.2. The molecule has 4 nitrogen and oxygen atoms in total. The van der Waals surface area contributed by atoms with Crippen LogP contribution in [0, 0.1) is 0 Å². The van der Waals surface area contributed by atoms with Crippen LogP contribution in [0.15, 0.2) is 24.3 Å². The predicted octanol–water partition coefficient (Wildman–Crippen LogP) is 3.30. The van der Waals surface area contributed by atoms with Crippen molar-refractivity contribution in [3.63, 3.8) is 0 Å². The van der Waals surface area contributed by atoms with Gasteiger partial charge in [-0.2, -0.15) is 0 Å². The van der Waals surface area contributed by atoms with Crippen LogP contribution in [-0.4, -0.2) is 37.1 Å². The van der Waals surface area contributed by atoms with Gasteiger partial charge in [0.15, 0.2) is 0 Å². The van der Waals surface area contributed by atoms with E-state index in [1.54, 1.807) is 0 Å². The lowest BCUT2D eigenvalue weighted by Gasteiger charge is -2.31. The Morgan fingerprint density at radius 1 is 1.20 bits per heavy atom. The summed E-state index contributed by atoms with van der Waals surface area (Å²) >= 11 is 0. The van der Waals surface area contributed by atoms with Crippen molar-refractivity contribution in [2.75, 3.05) is 30.4 Å². The highest BCUT2D eigenvalue weighted by atomic mass is 16.2. The molecular weight excluding hydrogens is 250 g/mol. The summed E-state index contributed by atoms with van der Waals surface area (Å²) in [6.45, 7) is 2.18. The van der Waals surface area contributed by atoms with Crippen molar-refractivity contribution >= 4 is 17.4 Å². The number of urea groups is 1. The minimum absolute atomic E-state index is 0.0111. The molecule has 1 aromatic carbocycles. The first-order chi connectivity index (χ1) is 9.75. The van der Waals surface area contributed by atoms with E-state index in [1.807, 2.05) is 30.1 Å². The molecule has 1 saturated carbocycles. The summed E-state index contributed by atoms with van der Waals surface area (Å²) in [5.74, 6) is 0. The van der Waals surface area contributed by atoms with Crippen molar-refractivity contribution in [2.45, 2.75) is 38.1 Å². The van der Waals surface area contributed by atoms with Crippen LogP contribution in [0.1, 0.15) is 32.1 Å². The highest BCUT2D eigenvalue weighted by molar-refractivity contribution is 5.93. The average molecular weight is 273 g/mol. The smallest absolute Gasteiger partial charge is 0.321 e. The summed E-state index contributed by atoms with van der Waals surface area (Å²) in [4.78, 5) is 16.4. The number of nitrogens with one attached hydrogen (secondary N) is 1. The quantitative estimate of drug-likeness (QED) is 0.917. The summed E-state index contributed by atoms with van der Waals surface area (Å²) in [5.41, 5.74) is 2.09. The van der Waals surface area contributed by atoms with Crippen molar-refractivity contribution in [1.82, 2.24) is 4.90 Å². The average Bonchev–Trinajstić information content (AvgIpc) is 3.32. The van der Waals surface area contributed by atoms with Gasteiger partial charge in [0.2, 0.25) is 0 Å². The van der Waals surface area contributed by atoms with E-state index in [-0.39, 0.29) is 6.03 Å².